The highest BCUT2D eigenvalue weighted by Crippen LogP contribution is 2.27. The number of carbonyl (C=O) groups is 2. The molecule has 0 aromatic heterocycles. The molecule has 2 N–H and O–H groups in total. The summed E-state index contributed by atoms with van der Waals surface area (Å²) in [4.78, 5) is 21.4. The Hall–Kier alpha value is -1.52. The van der Waals surface area contributed by atoms with Crippen LogP contribution in [0.4, 0.5) is 0 Å². The van der Waals surface area contributed by atoms with Gasteiger partial charge in [0.15, 0.2) is 0 Å². The number of carbonyl (C=O) groups excluding carboxylic acids is 1. The molecular formula is C9H12O5. The van der Waals surface area contributed by atoms with E-state index in [1.54, 1.807) is 0 Å². The van der Waals surface area contributed by atoms with Gasteiger partial charge in [-0.15, -0.1) is 0 Å². The molecule has 0 fully saturated rings. The first-order valence-corrected chi connectivity index (χ1v) is 4.41. The van der Waals surface area contributed by atoms with Gasteiger partial charge >= 0.3 is 11.9 Å². The number of carboxylic acids is 1. The van der Waals surface area contributed by atoms with Crippen molar-refractivity contribution in [3.63, 3.8) is 0 Å². The topological polar surface area (TPSA) is 83.8 Å². The standard InChI is InChI=1S/C9H12O5/c1-2-3-5-6(4-7(10)11)14-9(13)8(5)12/h6,12H,2-4H2,1H3,(H,10,11). The second kappa shape index (κ2) is 4.13. The lowest BCUT2D eigenvalue weighted by Crippen LogP contribution is -2.16. The van der Waals surface area contributed by atoms with Crippen LogP contribution in [0.1, 0.15) is 26.2 Å². The zero-order valence-electron chi connectivity index (χ0n) is 7.82. The summed E-state index contributed by atoms with van der Waals surface area (Å²) in [6, 6.07) is 0. The molecule has 1 rings (SSSR count). The van der Waals surface area contributed by atoms with E-state index in [0.29, 0.717) is 12.0 Å². The molecule has 1 atom stereocenters. The van der Waals surface area contributed by atoms with E-state index in [2.05, 4.69) is 0 Å². The van der Waals surface area contributed by atoms with Crippen molar-refractivity contribution >= 4 is 11.9 Å². The number of aliphatic hydroxyl groups excluding tert-OH is 1. The molecule has 1 aliphatic heterocycles. The van der Waals surface area contributed by atoms with Crippen LogP contribution in [-0.4, -0.2) is 28.3 Å². The minimum atomic E-state index is -1.05. The maximum absolute atomic E-state index is 10.9. The van der Waals surface area contributed by atoms with Gasteiger partial charge in [0.1, 0.15) is 6.10 Å². The monoisotopic (exact) mass is 200 g/mol. The van der Waals surface area contributed by atoms with Gasteiger partial charge in [0.2, 0.25) is 5.76 Å². The Labute approximate surface area is 81.0 Å². The van der Waals surface area contributed by atoms with Gasteiger partial charge < -0.3 is 14.9 Å². The molecule has 5 heteroatoms. The van der Waals surface area contributed by atoms with Crippen LogP contribution in [0.25, 0.3) is 0 Å². The summed E-state index contributed by atoms with van der Waals surface area (Å²) in [6.07, 6.45) is 0.132. The summed E-state index contributed by atoms with van der Waals surface area (Å²) in [6.45, 7) is 1.88. The third-order valence-electron chi connectivity index (χ3n) is 2.01. The summed E-state index contributed by atoms with van der Waals surface area (Å²) < 4.78 is 4.71. The first-order valence-electron chi connectivity index (χ1n) is 4.41. The van der Waals surface area contributed by atoms with E-state index >= 15 is 0 Å². The maximum atomic E-state index is 10.9. The van der Waals surface area contributed by atoms with Crippen molar-refractivity contribution in [1.29, 1.82) is 0 Å². The van der Waals surface area contributed by atoms with Crippen LogP contribution in [0, 0.1) is 0 Å². The lowest BCUT2D eigenvalue weighted by molar-refractivity contribution is -0.146. The normalized spacial score (nSPS) is 21.2. The predicted octanol–water partition coefficient (Wildman–Crippen LogP) is 0.999. The highest BCUT2D eigenvalue weighted by atomic mass is 16.6. The Kier molecular flexibility index (Phi) is 3.11. The van der Waals surface area contributed by atoms with Gasteiger partial charge in [0.05, 0.1) is 6.42 Å². The zero-order chi connectivity index (χ0) is 10.7. The molecule has 1 heterocycles. The van der Waals surface area contributed by atoms with E-state index in [0.717, 1.165) is 6.42 Å². The first-order chi connectivity index (χ1) is 6.56. The molecule has 78 valence electrons. The molecule has 5 nitrogen and oxygen atoms in total. The fourth-order valence-corrected chi connectivity index (χ4v) is 1.41. The molecule has 0 spiro atoms. The number of esters is 1. The number of aliphatic hydroxyl groups is 1. The summed E-state index contributed by atoms with van der Waals surface area (Å²) >= 11 is 0. The number of aliphatic carboxylic acids is 1. The Morgan fingerprint density at radius 2 is 2.21 bits per heavy atom. The molecule has 1 unspecified atom stereocenters. The van der Waals surface area contributed by atoms with Gasteiger partial charge in [-0.3, -0.25) is 4.79 Å². The average Bonchev–Trinajstić information content (AvgIpc) is 2.32. The minimum Gasteiger partial charge on any atom is -0.502 e. The van der Waals surface area contributed by atoms with Gasteiger partial charge in [0, 0.05) is 5.57 Å². The maximum Gasteiger partial charge on any atom is 0.374 e. The molecule has 0 saturated carbocycles. The average molecular weight is 200 g/mol. The van der Waals surface area contributed by atoms with Crippen LogP contribution >= 0.6 is 0 Å². The van der Waals surface area contributed by atoms with E-state index in [9.17, 15) is 14.7 Å². The van der Waals surface area contributed by atoms with Crippen molar-refractivity contribution < 1.29 is 24.5 Å². The molecule has 0 bridgehead atoms. The lowest BCUT2D eigenvalue weighted by Gasteiger charge is -2.09. The molecule has 0 saturated heterocycles. The highest BCUT2D eigenvalue weighted by molar-refractivity contribution is 5.90. The van der Waals surface area contributed by atoms with E-state index in [-0.39, 0.29) is 6.42 Å². The van der Waals surface area contributed by atoms with Crippen molar-refractivity contribution in [2.75, 3.05) is 0 Å². The van der Waals surface area contributed by atoms with E-state index in [1.807, 2.05) is 6.92 Å². The van der Waals surface area contributed by atoms with Gasteiger partial charge in [0.25, 0.3) is 0 Å². The zero-order valence-corrected chi connectivity index (χ0v) is 7.82. The number of hydrogen-bond acceptors (Lipinski definition) is 4. The fraction of sp³-hybridized carbons (Fsp3) is 0.556. The van der Waals surface area contributed by atoms with Crippen molar-refractivity contribution in [2.24, 2.45) is 0 Å². The quantitative estimate of drug-likeness (QED) is 0.661. The number of cyclic esters (lactones) is 1. The minimum absolute atomic E-state index is 0.287. The van der Waals surface area contributed by atoms with Gasteiger partial charge in [-0.1, -0.05) is 13.3 Å². The number of carboxylic acid groups (broad SMARTS) is 1. The number of ether oxygens (including phenoxy) is 1. The highest BCUT2D eigenvalue weighted by Gasteiger charge is 2.34. The van der Waals surface area contributed by atoms with Crippen LogP contribution in [0.2, 0.25) is 0 Å². The molecule has 1 aliphatic rings. The Morgan fingerprint density at radius 1 is 1.57 bits per heavy atom. The van der Waals surface area contributed by atoms with Gasteiger partial charge in [-0.25, -0.2) is 4.79 Å². The SMILES string of the molecule is CCCC1=C(O)C(=O)OC1CC(=O)O. The molecule has 0 aromatic carbocycles. The smallest absolute Gasteiger partial charge is 0.374 e. The Bertz CT molecular complexity index is 292. The largest absolute Gasteiger partial charge is 0.502 e. The van der Waals surface area contributed by atoms with Crippen LogP contribution in [0.3, 0.4) is 0 Å². The summed E-state index contributed by atoms with van der Waals surface area (Å²) in [5, 5.41) is 17.8. The molecule has 0 amide bonds. The third kappa shape index (κ3) is 2.04. The van der Waals surface area contributed by atoms with Crippen LogP contribution in [-0.2, 0) is 14.3 Å². The summed E-state index contributed by atoms with van der Waals surface area (Å²) in [7, 11) is 0. The van der Waals surface area contributed by atoms with E-state index in [1.165, 1.54) is 0 Å². The lowest BCUT2D eigenvalue weighted by atomic mass is 10.0. The van der Waals surface area contributed by atoms with Crippen molar-refractivity contribution in [1.82, 2.24) is 0 Å². The predicted molar refractivity (Wildman–Crippen MR) is 46.7 cm³/mol. The van der Waals surface area contributed by atoms with Crippen LogP contribution < -0.4 is 0 Å². The molecule has 0 aromatic rings. The van der Waals surface area contributed by atoms with E-state index in [4.69, 9.17) is 9.84 Å². The first kappa shape index (κ1) is 10.6. The molecular weight excluding hydrogens is 188 g/mol. The Morgan fingerprint density at radius 3 is 2.71 bits per heavy atom. The van der Waals surface area contributed by atoms with Crippen molar-refractivity contribution in [3.8, 4) is 0 Å². The molecule has 0 radical (unpaired) electrons. The number of rotatable bonds is 4. The third-order valence-corrected chi connectivity index (χ3v) is 2.01. The summed E-state index contributed by atoms with van der Waals surface area (Å²) in [5.74, 6) is -2.29. The molecule has 0 aliphatic carbocycles. The van der Waals surface area contributed by atoms with Crippen LogP contribution in [0.15, 0.2) is 11.3 Å². The fourth-order valence-electron chi connectivity index (χ4n) is 1.41. The van der Waals surface area contributed by atoms with Gasteiger partial charge in [-0.2, -0.15) is 0 Å². The van der Waals surface area contributed by atoms with Crippen molar-refractivity contribution in [3.05, 3.63) is 11.3 Å². The second-order valence-electron chi connectivity index (χ2n) is 3.12. The van der Waals surface area contributed by atoms with Gasteiger partial charge in [-0.05, 0) is 6.42 Å². The van der Waals surface area contributed by atoms with Crippen molar-refractivity contribution in [2.45, 2.75) is 32.3 Å². The summed E-state index contributed by atoms with van der Waals surface area (Å²) in [5.41, 5.74) is 0.403. The molecule has 14 heavy (non-hydrogen) atoms. The van der Waals surface area contributed by atoms with Crippen LogP contribution in [0.5, 0.6) is 0 Å². The number of hydrogen-bond donors (Lipinski definition) is 2. The second-order valence-corrected chi connectivity index (χ2v) is 3.12. The van der Waals surface area contributed by atoms with E-state index < -0.39 is 23.8 Å². The Balaban J connectivity index is 2.79.